The van der Waals surface area contributed by atoms with Crippen molar-refractivity contribution in [3.63, 3.8) is 0 Å². The summed E-state index contributed by atoms with van der Waals surface area (Å²) in [5.41, 5.74) is 6.85. The largest absolute Gasteiger partial charge is 0.387 e. The van der Waals surface area contributed by atoms with Gasteiger partial charge >= 0.3 is 0 Å². The zero-order valence-electron chi connectivity index (χ0n) is 10.2. The molecule has 2 rings (SSSR count). The maximum Gasteiger partial charge on any atom is 0.0914 e. The zero-order chi connectivity index (χ0) is 12.1. The van der Waals surface area contributed by atoms with Crippen LogP contribution in [0, 0.1) is 0 Å². The summed E-state index contributed by atoms with van der Waals surface area (Å²) in [5, 5.41) is 13.5. The molecule has 0 aromatic heterocycles. The second-order valence-corrected chi connectivity index (χ2v) is 4.95. The fourth-order valence-electron chi connectivity index (χ4n) is 2.39. The molecule has 1 unspecified atom stereocenters. The van der Waals surface area contributed by atoms with Gasteiger partial charge < -0.3 is 16.2 Å². The molecule has 0 heterocycles. The lowest BCUT2D eigenvalue weighted by Crippen LogP contribution is -2.39. The third kappa shape index (κ3) is 3.80. The van der Waals surface area contributed by atoms with Crippen molar-refractivity contribution in [2.45, 2.75) is 43.9 Å². The Bertz CT molecular complexity index is 320. The van der Waals surface area contributed by atoms with Crippen molar-refractivity contribution in [1.82, 2.24) is 5.32 Å². The topological polar surface area (TPSA) is 58.3 Å². The summed E-state index contributed by atoms with van der Waals surface area (Å²) in [6, 6.07) is 10.7. The van der Waals surface area contributed by atoms with Gasteiger partial charge in [-0.05, 0) is 31.2 Å². The van der Waals surface area contributed by atoms with Crippen LogP contribution in [0.1, 0.15) is 37.4 Å². The van der Waals surface area contributed by atoms with Crippen LogP contribution in [0.5, 0.6) is 0 Å². The molecule has 1 aromatic carbocycles. The number of aliphatic hydroxyl groups excluding tert-OH is 1. The lowest BCUT2D eigenvalue weighted by Gasteiger charge is -2.27. The molecule has 3 nitrogen and oxygen atoms in total. The maximum absolute atomic E-state index is 10.0. The third-order valence-electron chi connectivity index (χ3n) is 3.56. The Kier molecular flexibility index (Phi) is 4.54. The SMILES string of the molecule is NC1CCC(NCC(O)c2ccccc2)CC1. The molecule has 1 aromatic rings. The average molecular weight is 234 g/mol. The van der Waals surface area contributed by atoms with Crippen LogP contribution in [-0.2, 0) is 0 Å². The number of rotatable bonds is 4. The van der Waals surface area contributed by atoms with Gasteiger partial charge in [0.25, 0.3) is 0 Å². The highest BCUT2D eigenvalue weighted by molar-refractivity contribution is 5.17. The summed E-state index contributed by atoms with van der Waals surface area (Å²) in [5.74, 6) is 0. The molecular weight excluding hydrogens is 212 g/mol. The van der Waals surface area contributed by atoms with Crippen LogP contribution in [0.25, 0.3) is 0 Å². The van der Waals surface area contributed by atoms with E-state index in [2.05, 4.69) is 5.32 Å². The van der Waals surface area contributed by atoms with E-state index in [1.807, 2.05) is 30.3 Å². The molecule has 1 fully saturated rings. The first-order valence-electron chi connectivity index (χ1n) is 6.47. The zero-order valence-corrected chi connectivity index (χ0v) is 10.2. The molecule has 1 aliphatic rings. The molecule has 1 aliphatic carbocycles. The highest BCUT2D eigenvalue weighted by Crippen LogP contribution is 2.18. The number of benzene rings is 1. The van der Waals surface area contributed by atoms with Crippen molar-refractivity contribution in [3.8, 4) is 0 Å². The molecule has 0 bridgehead atoms. The normalized spacial score (nSPS) is 26.7. The summed E-state index contributed by atoms with van der Waals surface area (Å²) in [7, 11) is 0. The summed E-state index contributed by atoms with van der Waals surface area (Å²) in [4.78, 5) is 0. The molecule has 94 valence electrons. The van der Waals surface area contributed by atoms with E-state index in [0.29, 0.717) is 18.6 Å². The van der Waals surface area contributed by atoms with E-state index in [4.69, 9.17) is 5.73 Å². The van der Waals surface area contributed by atoms with E-state index >= 15 is 0 Å². The van der Waals surface area contributed by atoms with Crippen molar-refractivity contribution in [2.75, 3.05) is 6.54 Å². The molecule has 0 radical (unpaired) electrons. The molecule has 3 heteroatoms. The van der Waals surface area contributed by atoms with Gasteiger partial charge in [-0.25, -0.2) is 0 Å². The van der Waals surface area contributed by atoms with Crippen molar-refractivity contribution in [3.05, 3.63) is 35.9 Å². The predicted octanol–water partition coefficient (Wildman–Crippen LogP) is 1.58. The van der Waals surface area contributed by atoms with Gasteiger partial charge in [0.15, 0.2) is 0 Å². The van der Waals surface area contributed by atoms with Crippen LogP contribution >= 0.6 is 0 Å². The van der Waals surface area contributed by atoms with Gasteiger partial charge in [0.05, 0.1) is 6.10 Å². The Morgan fingerprint density at radius 3 is 2.47 bits per heavy atom. The fourth-order valence-corrected chi connectivity index (χ4v) is 2.39. The fraction of sp³-hybridized carbons (Fsp3) is 0.571. The number of hydrogen-bond donors (Lipinski definition) is 3. The molecule has 1 saturated carbocycles. The number of nitrogens with one attached hydrogen (secondary N) is 1. The van der Waals surface area contributed by atoms with Gasteiger partial charge in [-0.2, -0.15) is 0 Å². The lowest BCUT2D eigenvalue weighted by atomic mass is 9.91. The van der Waals surface area contributed by atoms with Gasteiger partial charge in [0.2, 0.25) is 0 Å². The Labute approximate surface area is 103 Å². The predicted molar refractivity (Wildman–Crippen MR) is 69.6 cm³/mol. The van der Waals surface area contributed by atoms with E-state index in [1.165, 1.54) is 0 Å². The van der Waals surface area contributed by atoms with Gasteiger partial charge in [0.1, 0.15) is 0 Å². The van der Waals surface area contributed by atoms with E-state index in [9.17, 15) is 5.11 Å². The molecule has 0 amide bonds. The summed E-state index contributed by atoms with van der Waals surface area (Å²) in [6.45, 7) is 0.629. The Morgan fingerprint density at radius 1 is 1.18 bits per heavy atom. The molecular formula is C14H22N2O. The summed E-state index contributed by atoms with van der Waals surface area (Å²) >= 11 is 0. The third-order valence-corrected chi connectivity index (χ3v) is 3.56. The van der Waals surface area contributed by atoms with Gasteiger partial charge in [-0.15, -0.1) is 0 Å². The number of aliphatic hydroxyl groups is 1. The Hall–Kier alpha value is -0.900. The highest BCUT2D eigenvalue weighted by atomic mass is 16.3. The monoisotopic (exact) mass is 234 g/mol. The van der Waals surface area contributed by atoms with Crippen LogP contribution in [0.4, 0.5) is 0 Å². The molecule has 0 saturated heterocycles. The second-order valence-electron chi connectivity index (χ2n) is 4.95. The van der Waals surface area contributed by atoms with Crippen molar-refractivity contribution in [1.29, 1.82) is 0 Å². The minimum Gasteiger partial charge on any atom is -0.387 e. The van der Waals surface area contributed by atoms with Crippen molar-refractivity contribution >= 4 is 0 Å². The summed E-state index contributed by atoms with van der Waals surface area (Å²) < 4.78 is 0. The molecule has 0 spiro atoms. The first-order chi connectivity index (χ1) is 8.25. The Balaban J connectivity index is 1.75. The average Bonchev–Trinajstić information content (AvgIpc) is 2.39. The van der Waals surface area contributed by atoms with Crippen molar-refractivity contribution in [2.24, 2.45) is 5.73 Å². The molecule has 4 N–H and O–H groups in total. The number of nitrogens with two attached hydrogens (primary N) is 1. The van der Waals surface area contributed by atoms with E-state index < -0.39 is 6.10 Å². The van der Waals surface area contributed by atoms with E-state index in [-0.39, 0.29) is 0 Å². The minimum atomic E-state index is -0.410. The minimum absolute atomic E-state index is 0.382. The summed E-state index contributed by atoms with van der Waals surface area (Å²) in [6.07, 6.45) is 4.04. The lowest BCUT2D eigenvalue weighted by molar-refractivity contribution is 0.164. The van der Waals surface area contributed by atoms with Crippen LogP contribution in [0.2, 0.25) is 0 Å². The first-order valence-corrected chi connectivity index (χ1v) is 6.47. The van der Waals surface area contributed by atoms with E-state index in [0.717, 1.165) is 31.2 Å². The van der Waals surface area contributed by atoms with Crippen LogP contribution in [0.3, 0.4) is 0 Å². The highest BCUT2D eigenvalue weighted by Gasteiger charge is 2.18. The number of hydrogen-bond acceptors (Lipinski definition) is 3. The van der Waals surface area contributed by atoms with Crippen molar-refractivity contribution < 1.29 is 5.11 Å². The van der Waals surface area contributed by atoms with Crippen LogP contribution in [-0.4, -0.2) is 23.7 Å². The maximum atomic E-state index is 10.0. The Morgan fingerprint density at radius 2 is 1.82 bits per heavy atom. The standard InChI is InChI=1S/C14H22N2O/c15-12-6-8-13(9-7-12)16-10-14(17)11-4-2-1-3-5-11/h1-5,12-14,16-17H,6-10,15H2. The van der Waals surface area contributed by atoms with E-state index in [1.54, 1.807) is 0 Å². The second kappa shape index (κ2) is 6.15. The van der Waals surface area contributed by atoms with Gasteiger partial charge in [0, 0.05) is 18.6 Å². The van der Waals surface area contributed by atoms with Gasteiger partial charge in [-0.3, -0.25) is 0 Å². The van der Waals surface area contributed by atoms with Crippen LogP contribution < -0.4 is 11.1 Å². The molecule has 0 aliphatic heterocycles. The van der Waals surface area contributed by atoms with Crippen LogP contribution in [0.15, 0.2) is 30.3 Å². The quantitative estimate of drug-likeness (QED) is 0.741. The molecule has 1 atom stereocenters. The molecule has 17 heavy (non-hydrogen) atoms. The smallest absolute Gasteiger partial charge is 0.0914 e. The van der Waals surface area contributed by atoms with Gasteiger partial charge in [-0.1, -0.05) is 30.3 Å². The first kappa shape index (κ1) is 12.6.